The van der Waals surface area contributed by atoms with Crippen LogP contribution in [0.25, 0.3) is 10.9 Å². The molecule has 32 heavy (non-hydrogen) atoms. The SMILES string of the molecule is Cc1c(S(=O)(=O)CCNC(=O)Nc2ccccc2)c2ccccc2n1Cc1ccccc1. The molecule has 4 rings (SSSR count). The maximum Gasteiger partial charge on any atom is 0.319 e. The van der Waals surface area contributed by atoms with Gasteiger partial charge < -0.3 is 15.2 Å². The van der Waals surface area contributed by atoms with Crippen molar-refractivity contribution in [3.8, 4) is 0 Å². The van der Waals surface area contributed by atoms with E-state index in [0.717, 1.165) is 11.1 Å². The van der Waals surface area contributed by atoms with Crippen molar-refractivity contribution in [2.24, 2.45) is 0 Å². The fourth-order valence-corrected chi connectivity index (χ4v) is 5.50. The van der Waals surface area contributed by atoms with E-state index in [9.17, 15) is 13.2 Å². The standard InChI is InChI=1S/C25H25N3O3S/c1-19-24(32(30,31)17-16-26-25(29)27-21-12-6-3-7-13-21)22-14-8-9-15-23(22)28(19)18-20-10-4-2-5-11-20/h2-15H,16-18H2,1H3,(H2,26,27,29). The van der Waals surface area contributed by atoms with Gasteiger partial charge >= 0.3 is 6.03 Å². The summed E-state index contributed by atoms with van der Waals surface area (Å²) in [6.45, 7) is 2.43. The van der Waals surface area contributed by atoms with Crippen LogP contribution in [0.3, 0.4) is 0 Å². The second kappa shape index (κ2) is 9.28. The van der Waals surface area contributed by atoms with Gasteiger partial charge in [-0.05, 0) is 30.7 Å². The zero-order valence-corrected chi connectivity index (χ0v) is 18.6. The average Bonchev–Trinajstić information content (AvgIpc) is 3.07. The van der Waals surface area contributed by atoms with Crippen molar-refractivity contribution in [2.75, 3.05) is 17.6 Å². The lowest BCUT2D eigenvalue weighted by Crippen LogP contribution is -2.32. The predicted molar refractivity (Wildman–Crippen MR) is 128 cm³/mol. The molecule has 2 N–H and O–H groups in total. The molecule has 0 radical (unpaired) electrons. The predicted octanol–water partition coefficient (Wildman–Crippen LogP) is 4.59. The molecule has 0 atom stereocenters. The van der Waals surface area contributed by atoms with Crippen LogP contribution in [-0.2, 0) is 16.4 Å². The van der Waals surface area contributed by atoms with Gasteiger partial charge in [0.05, 0.1) is 10.6 Å². The summed E-state index contributed by atoms with van der Waals surface area (Å²) in [7, 11) is -3.62. The highest BCUT2D eigenvalue weighted by molar-refractivity contribution is 7.91. The maximum absolute atomic E-state index is 13.3. The molecule has 2 amide bonds. The third kappa shape index (κ3) is 4.68. The van der Waals surface area contributed by atoms with E-state index in [2.05, 4.69) is 10.6 Å². The van der Waals surface area contributed by atoms with Crippen molar-refractivity contribution in [3.63, 3.8) is 0 Å². The second-order valence-corrected chi connectivity index (χ2v) is 9.62. The molecule has 1 aromatic heterocycles. The Kier molecular flexibility index (Phi) is 6.28. The fraction of sp³-hybridized carbons (Fsp3) is 0.160. The summed E-state index contributed by atoms with van der Waals surface area (Å²) in [5.74, 6) is -0.185. The summed E-state index contributed by atoms with van der Waals surface area (Å²) >= 11 is 0. The van der Waals surface area contributed by atoms with Crippen molar-refractivity contribution < 1.29 is 13.2 Å². The second-order valence-electron chi connectivity index (χ2n) is 7.57. The fourth-order valence-electron chi connectivity index (χ4n) is 3.86. The molecule has 7 heteroatoms. The number of hydrogen-bond donors (Lipinski definition) is 2. The zero-order chi connectivity index (χ0) is 22.6. The van der Waals surface area contributed by atoms with Crippen molar-refractivity contribution in [3.05, 3.63) is 96.2 Å². The highest BCUT2D eigenvalue weighted by Crippen LogP contribution is 2.31. The maximum atomic E-state index is 13.3. The molecule has 6 nitrogen and oxygen atoms in total. The normalized spacial score (nSPS) is 11.4. The number of rotatable bonds is 7. The Morgan fingerprint density at radius 1 is 0.875 bits per heavy atom. The molecular weight excluding hydrogens is 422 g/mol. The van der Waals surface area contributed by atoms with Gasteiger partial charge in [-0.15, -0.1) is 0 Å². The number of nitrogens with zero attached hydrogens (tertiary/aromatic N) is 1. The number of carbonyl (C=O) groups is 1. The van der Waals surface area contributed by atoms with Crippen LogP contribution in [0.1, 0.15) is 11.3 Å². The molecule has 0 aliphatic rings. The number of para-hydroxylation sites is 2. The number of aromatic nitrogens is 1. The van der Waals surface area contributed by atoms with Crippen LogP contribution < -0.4 is 10.6 Å². The summed E-state index contributed by atoms with van der Waals surface area (Å²) in [5, 5.41) is 6.03. The Balaban J connectivity index is 1.54. The van der Waals surface area contributed by atoms with E-state index in [4.69, 9.17) is 0 Å². The number of fused-ring (bicyclic) bond motifs is 1. The molecule has 0 aliphatic carbocycles. The summed E-state index contributed by atoms with van der Waals surface area (Å²) < 4.78 is 28.6. The number of hydrogen-bond acceptors (Lipinski definition) is 3. The van der Waals surface area contributed by atoms with E-state index in [1.165, 1.54) is 0 Å². The van der Waals surface area contributed by atoms with Gasteiger partial charge in [-0.1, -0.05) is 66.7 Å². The van der Waals surface area contributed by atoms with Crippen LogP contribution >= 0.6 is 0 Å². The van der Waals surface area contributed by atoms with Crippen LogP contribution in [-0.4, -0.2) is 31.3 Å². The molecule has 0 unspecified atom stereocenters. The molecule has 164 valence electrons. The highest BCUT2D eigenvalue weighted by Gasteiger charge is 2.25. The van der Waals surface area contributed by atoms with E-state index in [0.29, 0.717) is 28.2 Å². The lowest BCUT2D eigenvalue weighted by Gasteiger charge is -2.10. The first-order valence-corrected chi connectivity index (χ1v) is 12.1. The molecular formula is C25H25N3O3S. The minimum atomic E-state index is -3.62. The molecule has 0 saturated heterocycles. The van der Waals surface area contributed by atoms with Gasteiger partial charge in [-0.3, -0.25) is 0 Å². The van der Waals surface area contributed by atoms with E-state index in [-0.39, 0.29) is 12.3 Å². The summed E-state index contributed by atoms with van der Waals surface area (Å²) in [4.78, 5) is 12.4. The smallest absolute Gasteiger partial charge is 0.319 e. The molecule has 1 heterocycles. The quantitative estimate of drug-likeness (QED) is 0.435. The van der Waals surface area contributed by atoms with Crippen LogP contribution in [0, 0.1) is 6.92 Å². The number of nitrogens with one attached hydrogen (secondary N) is 2. The average molecular weight is 448 g/mol. The van der Waals surface area contributed by atoms with E-state index in [1.54, 1.807) is 12.1 Å². The third-order valence-corrected chi connectivity index (χ3v) is 7.23. The summed E-state index contributed by atoms with van der Waals surface area (Å²) in [6, 6.07) is 26.1. The van der Waals surface area contributed by atoms with Crippen LogP contribution in [0.4, 0.5) is 10.5 Å². The van der Waals surface area contributed by atoms with Crippen molar-refractivity contribution in [2.45, 2.75) is 18.4 Å². The minimum absolute atomic E-state index is 0.0125. The molecule has 0 aliphatic heterocycles. The Labute approximate surface area is 187 Å². The van der Waals surface area contributed by atoms with Crippen LogP contribution in [0.2, 0.25) is 0 Å². The Morgan fingerprint density at radius 3 is 2.22 bits per heavy atom. The third-order valence-electron chi connectivity index (χ3n) is 5.36. The molecule has 0 spiro atoms. The lowest BCUT2D eigenvalue weighted by atomic mass is 10.2. The first-order valence-electron chi connectivity index (χ1n) is 10.4. The van der Waals surface area contributed by atoms with Crippen molar-refractivity contribution in [1.29, 1.82) is 0 Å². The highest BCUT2D eigenvalue weighted by atomic mass is 32.2. The zero-order valence-electron chi connectivity index (χ0n) is 17.8. The van der Waals surface area contributed by atoms with E-state index in [1.807, 2.05) is 84.3 Å². The first-order chi connectivity index (χ1) is 15.5. The van der Waals surface area contributed by atoms with Gasteiger partial charge in [0.1, 0.15) is 0 Å². The number of anilines is 1. The van der Waals surface area contributed by atoms with Crippen LogP contribution in [0.15, 0.2) is 89.8 Å². The number of benzene rings is 3. The van der Waals surface area contributed by atoms with Crippen LogP contribution in [0.5, 0.6) is 0 Å². The summed E-state index contributed by atoms with van der Waals surface area (Å²) in [5.41, 5.74) is 3.32. The number of amides is 2. The van der Waals surface area contributed by atoms with E-state index >= 15 is 0 Å². The topological polar surface area (TPSA) is 80.2 Å². The molecule has 3 aromatic carbocycles. The Morgan fingerprint density at radius 2 is 1.50 bits per heavy atom. The number of urea groups is 1. The molecule has 0 saturated carbocycles. The van der Waals surface area contributed by atoms with Gasteiger partial charge in [0.15, 0.2) is 9.84 Å². The number of carbonyl (C=O) groups excluding carboxylic acids is 1. The van der Waals surface area contributed by atoms with Gasteiger partial charge in [-0.2, -0.15) is 0 Å². The monoisotopic (exact) mass is 447 g/mol. The van der Waals surface area contributed by atoms with Gasteiger partial charge in [0.2, 0.25) is 0 Å². The molecule has 0 fully saturated rings. The molecule has 4 aromatic rings. The van der Waals surface area contributed by atoms with Gasteiger partial charge in [-0.25, -0.2) is 13.2 Å². The largest absolute Gasteiger partial charge is 0.339 e. The van der Waals surface area contributed by atoms with Crippen molar-refractivity contribution >= 4 is 32.5 Å². The Hall–Kier alpha value is -3.58. The van der Waals surface area contributed by atoms with Gasteiger partial charge in [0.25, 0.3) is 0 Å². The minimum Gasteiger partial charge on any atom is -0.339 e. The first kappa shape index (κ1) is 21.6. The summed E-state index contributed by atoms with van der Waals surface area (Å²) in [6.07, 6.45) is 0. The number of sulfone groups is 1. The Bertz CT molecular complexity index is 1330. The lowest BCUT2D eigenvalue weighted by molar-refractivity contribution is 0.252. The van der Waals surface area contributed by atoms with Crippen molar-refractivity contribution in [1.82, 2.24) is 9.88 Å². The van der Waals surface area contributed by atoms with Gasteiger partial charge in [0, 0.05) is 35.4 Å². The van der Waals surface area contributed by atoms with E-state index < -0.39 is 15.9 Å². The molecule has 0 bridgehead atoms.